The van der Waals surface area contributed by atoms with Crippen LogP contribution in [0.1, 0.15) is 35.3 Å². The third kappa shape index (κ3) is 5.61. The zero-order valence-corrected chi connectivity index (χ0v) is 14.3. The molecule has 1 N–H and O–H groups in total. The Labute approximate surface area is 149 Å². The molecule has 4 nitrogen and oxygen atoms in total. The normalized spacial score (nSPS) is 11.3. The maximum absolute atomic E-state index is 12.5. The van der Waals surface area contributed by atoms with Crippen molar-refractivity contribution in [2.75, 3.05) is 5.32 Å². The predicted octanol–water partition coefficient (Wildman–Crippen LogP) is 4.45. The van der Waals surface area contributed by atoms with Crippen molar-refractivity contribution >= 4 is 17.6 Å². The minimum atomic E-state index is -4.40. The van der Waals surface area contributed by atoms with E-state index < -0.39 is 17.7 Å². The first kappa shape index (κ1) is 19.5. The number of rotatable bonds is 5. The van der Waals surface area contributed by atoms with Gasteiger partial charge in [-0.1, -0.05) is 12.1 Å². The smallest absolute Gasteiger partial charge is 0.416 e. The molecule has 0 aliphatic rings. The van der Waals surface area contributed by atoms with Crippen LogP contribution in [0.2, 0.25) is 0 Å². The van der Waals surface area contributed by atoms with Gasteiger partial charge in [0.15, 0.2) is 0 Å². The summed E-state index contributed by atoms with van der Waals surface area (Å²) < 4.78 is 42.6. The van der Waals surface area contributed by atoms with E-state index in [2.05, 4.69) is 5.32 Å². The molecule has 2 aromatic carbocycles. The van der Waals surface area contributed by atoms with Crippen LogP contribution < -0.4 is 5.32 Å². The van der Waals surface area contributed by atoms with Gasteiger partial charge in [0, 0.05) is 5.69 Å². The fourth-order valence-electron chi connectivity index (χ4n) is 2.17. The number of amides is 1. The lowest BCUT2D eigenvalue weighted by atomic mass is 10.1. The van der Waals surface area contributed by atoms with E-state index in [1.165, 1.54) is 24.3 Å². The first-order valence-electron chi connectivity index (χ1n) is 7.92. The quantitative estimate of drug-likeness (QED) is 0.797. The van der Waals surface area contributed by atoms with E-state index >= 15 is 0 Å². The number of anilines is 1. The fourth-order valence-corrected chi connectivity index (χ4v) is 2.17. The molecule has 0 saturated heterocycles. The Morgan fingerprint density at radius 3 is 2.08 bits per heavy atom. The molecule has 2 aromatic rings. The molecule has 0 saturated carbocycles. The second-order valence-corrected chi connectivity index (χ2v) is 5.95. The topological polar surface area (TPSA) is 55.4 Å². The average Bonchev–Trinajstić information content (AvgIpc) is 2.54. The Kier molecular flexibility index (Phi) is 6.02. The number of hydrogen-bond donors (Lipinski definition) is 1. The first-order chi connectivity index (χ1) is 12.1. The van der Waals surface area contributed by atoms with Gasteiger partial charge in [-0.25, -0.2) is 4.79 Å². The second kappa shape index (κ2) is 8.03. The third-order valence-electron chi connectivity index (χ3n) is 3.39. The summed E-state index contributed by atoms with van der Waals surface area (Å²) in [7, 11) is 0. The summed E-state index contributed by atoms with van der Waals surface area (Å²) in [5.41, 5.74) is 0.542. The first-order valence-corrected chi connectivity index (χ1v) is 7.92. The highest BCUT2D eigenvalue weighted by atomic mass is 19.4. The molecule has 138 valence electrons. The van der Waals surface area contributed by atoms with Crippen molar-refractivity contribution in [1.29, 1.82) is 0 Å². The van der Waals surface area contributed by atoms with Gasteiger partial charge in [0.05, 0.1) is 23.7 Å². The van der Waals surface area contributed by atoms with Crippen LogP contribution in [-0.4, -0.2) is 18.0 Å². The predicted molar refractivity (Wildman–Crippen MR) is 90.8 cm³/mol. The van der Waals surface area contributed by atoms with E-state index in [0.717, 1.165) is 12.1 Å². The summed E-state index contributed by atoms with van der Waals surface area (Å²) in [4.78, 5) is 23.7. The second-order valence-electron chi connectivity index (χ2n) is 5.95. The summed E-state index contributed by atoms with van der Waals surface area (Å²) in [6, 6.07) is 10.6. The maximum atomic E-state index is 12.5. The van der Waals surface area contributed by atoms with Crippen molar-refractivity contribution in [1.82, 2.24) is 0 Å². The SMILES string of the molecule is CC(C)OC(=O)c1ccc(NC(=O)Cc2ccc(C(F)(F)F)cc2)cc1. The number of hydrogen-bond acceptors (Lipinski definition) is 3. The van der Waals surface area contributed by atoms with Gasteiger partial charge in [0.1, 0.15) is 0 Å². The molecule has 0 radical (unpaired) electrons. The third-order valence-corrected chi connectivity index (χ3v) is 3.39. The summed E-state index contributed by atoms with van der Waals surface area (Å²) >= 11 is 0. The van der Waals surface area contributed by atoms with E-state index in [4.69, 9.17) is 4.74 Å². The molecule has 0 atom stereocenters. The Morgan fingerprint density at radius 2 is 1.58 bits per heavy atom. The minimum Gasteiger partial charge on any atom is -0.459 e. The summed E-state index contributed by atoms with van der Waals surface area (Å²) in [6.45, 7) is 3.49. The van der Waals surface area contributed by atoms with Crippen LogP contribution in [0.15, 0.2) is 48.5 Å². The monoisotopic (exact) mass is 365 g/mol. The molecule has 0 bridgehead atoms. The van der Waals surface area contributed by atoms with Gasteiger partial charge in [0.2, 0.25) is 5.91 Å². The number of carbonyl (C=O) groups is 2. The van der Waals surface area contributed by atoms with Gasteiger partial charge < -0.3 is 10.1 Å². The molecule has 0 aliphatic heterocycles. The standard InChI is InChI=1S/C19H18F3NO3/c1-12(2)26-18(25)14-5-9-16(10-6-14)23-17(24)11-13-3-7-15(8-4-13)19(20,21)22/h3-10,12H,11H2,1-2H3,(H,23,24). The number of benzene rings is 2. The van der Waals surface area contributed by atoms with Crippen LogP contribution >= 0.6 is 0 Å². The number of halogens is 3. The molecule has 0 spiro atoms. The van der Waals surface area contributed by atoms with Crippen LogP contribution in [0.25, 0.3) is 0 Å². The molecule has 0 aromatic heterocycles. The molecule has 7 heteroatoms. The van der Waals surface area contributed by atoms with E-state index in [-0.39, 0.29) is 18.4 Å². The molecule has 2 rings (SSSR count). The summed E-state index contributed by atoms with van der Waals surface area (Å²) in [5.74, 6) is -0.829. The maximum Gasteiger partial charge on any atom is 0.416 e. The zero-order chi connectivity index (χ0) is 19.3. The average molecular weight is 365 g/mol. The highest BCUT2D eigenvalue weighted by molar-refractivity contribution is 5.94. The van der Waals surface area contributed by atoms with Gasteiger partial charge >= 0.3 is 12.1 Å². The molecule has 0 heterocycles. The molecule has 0 aliphatic carbocycles. The van der Waals surface area contributed by atoms with E-state index in [0.29, 0.717) is 16.8 Å². The van der Waals surface area contributed by atoms with Crippen molar-refractivity contribution in [3.05, 3.63) is 65.2 Å². The Morgan fingerprint density at radius 1 is 1.00 bits per heavy atom. The van der Waals surface area contributed by atoms with E-state index in [9.17, 15) is 22.8 Å². The van der Waals surface area contributed by atoms with Crippen molar-refractivity contribution < 1.29 is 27.5 Å². The number of esters is 1. The van der Waals surface area contributed by atoms with Crippen LogP contribution in [0.4, 0.5) is 18.9 Å². The number of alkyl halides is 3. The van der Waals surface area contributed by atoms with Crippen molar-refractivity contribution in [3.8, 4) is 0 Å². The van der Waals surface area contributed by atoms with Gasteiger partial charge in [0.25, 0.3) is 0 Å². The number of carbonyl (C=O) groups excluding carboxylic acids is 2. The lowest BCUT2D eigenvalue weighted by Crippen LogP contribution is -2.15. The Hall–Kier alpha value is -2.83. The van der Waals surface area contributed by atoms with Crippen LogP contribution in [0.3, 0.4) is 0 Å². The van der Waals surface area contributed by atoms with Crippen molar-refractivity contribution in [3.63, 3.8) is 0 Å². The Balaban J connectivity index is 1.94. The lowest BCUT2D eigenvalue weighted by Gasteiger charge is -2.10. The molecular formula is C19H18F3NO3. The molecule has 26 heavy (non-hydrogen) atoms. The van der Waals surface area contributed by atoms with Crippen LogP contribution in [0, 0.1) is 0 Å². The zero-order valence-electron chi connectivity index (χ0n) is 14.3. The molecule has 1 amide bonds. The summed E-state index contributed by atoms with van der Waals surface area (Å²) in [5, 5.41) is 2.63. The van der Waals surface area contributed by atoms with Crippen LogP contribution in [0.5, 0.6) is 0 Å². The van der Waals surface area contributed by atoms with Gasteiger partial charge in [-0.2, -0.15) is 13.2 Å². The number of ether oxygens (including phenoxy) is 1. The highest BCUT2D eigenvalue weighted by Gasteiger charge is 2.29. The number of nitrogens with one attached hydrogen (secondary N) is 1. The van der Waals surface area contributed by atoms with Gasteiger partial charge in [-0.3, -0.25) is 4.79 Å². The molecular weight excluding hydrogens is 347 g/mol. The van der Waals surface area contributed by atoms with Crippen molar-refractivity contribution in [2.24, 2.45) is 0 Å². The lowest BCUT2D eigenvalue weighted by molar-refractivity contribution is -0.137. The summed E-state index contributed by atoms with van der Waals surface area (Å²) in [6.07, 6.45) is -4.69. The van der Waals surface area contributed by atoms with Crippen LogP contribution in [-0.2, 0) is 22.1 Å². The minimum absolute atomic E-state index is 0.0602. The molecule has 0 unspecified atom stereocenters. The van der Waals surface area contributed by atoms with E-state index in [1.807, 2.05) is 0 Å². The Bertz CT molecular complexity index is 766. The van der Waals surface area contributed by atoms with E-state index in [1.54, 1.807) is 26.0 Å². The van der Waals surface area contributed by atoms with Gasteiger partial charge in [-0.05, 0) is 55.8 Å². The van der Waals surface area contributed by atoms with Gasteiger partial charge in [-0.15, -0.1) is 0 Å². The molecule has 0 fully saturated rings. The fraction of sp³-hybridized carbons (Fsp3) is 0.263. The largest absolute Gasteiger partial charge is 0.459 e. The van der Waals surface area contributed by atoms with Crippen molar-refractivity contribution in [2.45, 2.75) is 32.5 Å². The highest BCUT2D eigenvalue weighted by Crippen LogP contribution is 2.29.